The van der Waals surface area contributed by atoms with Crippen LogP contribution in [0.4, 0.5) is 0 Å². The van der Waals surface area contributed by atoms with E-state index in [-0.39, 0.29) is 5.91 Å². The van der Waals surface area contributed by atoms with Crippen molar-refractivity contribution in [3.63, 3.8) is 0 Å². The zero-order chi connectivity index (χ0) is 15.2. The second-order valence-electron chi connectivity index (χ2n) is 4.90. The standard InChI is InChI=1S/C16H17N5O/c22-16(17-8-4-10-21-11-5-9-19-21)14-12-18-20-15(14)13-6-2-1-3-7-13/h1-3,5-7,9,11-12H,4,8,10H2,(H,17,22)(H,18,20). The summed E-state index contributed by atoms with van der Waals surface area (Å²) in [6.45, 7) is 1.38. The van der Waals surface area contributed by atoms with E-state index in [1.54, 1.807) is 12.4 Å². The van der Waals surface area contributed by atoms with Crippen LogP contribution in [0.5, 0.6) is 0 Å². The summed E-state index contributed by atoms with van der Waals surface area (Å²) >= 11 is 0. The van der Waals surface area contributed by atoms with E-state index in [2.05, 4.69) is 20.6 Å². The number of nitrogens with one attached hydrogen (secondary N) is 2. The Morgan fingerprint density at radius 3 is 2.86 bits per heavy atom. The Balaban J connectivity index is 1.58. The Bertz CT molecular complexity index is 718. The Kier molecular flexibility index (Phi) is 4.29. The summed E-state index contributed by atoms with van der Waals surface area (Å²) < 4.78 is 1.85. The van der Waals surface area contributed by atoms with Crippen molar-refractivity contribution < 1.29 is 4.79 Å². The summed E-state index contributed by atoms with van der Waals surface area (Å²) in [7, 11) is 0. The third-order valence-corrected chi connectivity index (χ3v) is 3.36. The summed E-state index contributed by atoms with van der Waals surface area (Å²) in [6.07, 6.45) is 6.04. The molecule has 6 nitrogen and oxygen atoms in total. The van der Waals surface area contributed by atoms with Crippen LogP contribution in [-0.2, 0) is 6.54 Å². The molecule has 6 heteroatoms. The first-order valence-electron chi connectivity index (χ1n) is 7.19. The minimum atomic E-state index is -0.118. The van der Waals surface area contributed by atoms with Gasteiger partial charge in [-0.1, -0.05) is 30.3 Å². The number of carbonyl (C=O) groups excluding carboxylic acids is 1. The molecule has 0 fully saturated rings. The zero-order valence-corrected chi connectivity index (χ0v) is 12.1. The van der Waals surface area contributed by atoms with Gasteiger partial charge in [0.15, 0.2) is 0 Å². The molecule has 2 heterocycles. The average molecular weight is 295 g/mol. The molecule has 1 aromatic carbocycles. The Morgan fingerprint density at radius 2 is 2.09 bits per heavy atom. The van der Waals surface area contributed by atoms with E-state index < -0.39 is 0 Å². The molecule has 0 spiro atoms. The Morgan fingerprint density at radius 1 is 1.23 bits per heavy atom. The second-order valence-corrected chi connectivity index (χ2v) is 4.90. The predicted molar refractivity (Wildman–Crippen MR) is 83.2 cm³/mol. The van der Waals surface area contributed by atoms with Crippen LogP contribution in [0.3, 0.4) is 0 Å². The number of aromatic amines is 1. The molecule has 0 saturated carbocycles. The van der Waals surface area contributed by atoms with Crippen LogP contribution in [0.2, 0.25) is 0 Å². The molecule has 0 aliphatic rings. The van der Waals surface area contributed by atoms with Gasteiger partial charge < -0.3 is 5.32 Å². The number of rotatable bonds is 6. The lowest BCUT2D eigenvalue weighted by Crippen LogP contribution is -2.25. The number of benzene rings is 1. The van der Waals surface area contributed by atoms with Crippen molar-refractivity contribution in [3.05, 3.63) is 60.6 Å². The van der Waals surface area contributed by atoms with Gasteiger partial charge in [0.25, 0.3) is 5.91 Å². The average Bonchev–Trinajstić information content (AvgIpc) is 3.23. The number of carbonyl (C=O) groups is 1. The van der Waals surface area contributed by atoms with Gasteiger partial charge in [-0.05, 0) is 12.5 Å². The number of nitrogens with zero attached hydrogens (tertiary/aromatic N) is 3. The van der Waals surface area contributed by atoms with Crippen LogP contribution >= 0.6 is 0 Å². The van der Waals surface area contributed by atoms with E-state index >= 15 is 0 Å². The van der Waals surface area contributed by atoms with Gasteiger partial charge in [-0.3, -0.25) is 14.6 Å². The first-order chi connectivity index (χ1) is 10.8. The molecular formula is C16H17N5O. The van der Waals surface area contributed by atoms with E-state index in [1.165, 1.54) is 0 Å². The number of amides is 1. The highest BCUT2D eigenvalue weighted by atomic mass is 16.1. The zero-order valence-electron chi connectivity index (χ0n) is 12.1. The summed E-state index contributed by atoms with van der Waals surface area (Å²) in [4.78, 5) is 12.3. The lowest BCUT2D eigenvalue weighted by Gasteiger charge is -2.06. The molecule has 0 aliphatic heterocycles. The molecule has 0 radical (unpaired) electrons. The third-order valence-electron chi connectivity index (χ3n) is 3.36. The first-order valence-corrected chi connectivity index (χ1v) is 7.19. The van der Waals surface area contributed by atoms with Crippen molar-refractivity contribution in [2.45, 2.75) is 13.0 Å². The predicted octanol–water partition coefficient (Wildman–Crippen LogP) is 2.09. The molecule has 112 valence electrons. The maximum Gasteiger partial charge on any atom is 0.255 e. The highest BCUT2D eigenvalue weighted by Crippen LogP contribution is 2.20. The molecule has 2 aromatic heterocycles. The topological polar surface area (TPSA) is 75.6 Å². The lowest BCUT2D eigenvalue weighted by atomic mass is 10.1. The lowest BCUT2D eigenvalue weighted by molar-refractivity contribution is 0.0953. The maximum absolute atomic E-state index is 12.3. The Labute approximate surface area is 128 Å². The molecule has 2 N–H and O–H groups in total. The van der Waals surface area contributed by atoms with Gasteiger partial charge in [0.2, 0.25) is 0 Å². The highest BCUT2D eigenvalue weighted by molar-refractivity contribution is 5.99. The van der Waals surface area contributed by atoms with Crippen LogP contribution in [0.1, 0.15) is 16.8 Å². The van der Waals surface area contributed by atoms with Crippen molar-refractivity contribution in [2.75, 3.05) is 6.54 Å². The van der Waals surface area contributed by atoms with Crippen molar-refractivity contribution >= 4 is 5.91 Å². The SMILES string of the molecule is O=C(NCCCn1cccn1)c1cn[nH]c1-c1ccccc1. The highest BCUT2D eigenvalue weighted by Gasteiger charge is 2.14. The monoisotopic (exact) mass is 295 g/mol. The molecule has 3 aromatic rings. The van der Waals surface area contributed by atoms with Gasteiger partial charge in [-0.25, -0.2) is 0 Å². The summed E-state index contributed by atoms with van der Waals surface area (Å²) in [5.74, 6) is -0.118. The van der Waals surface area contributed by atoms with E-state index in [0.717, 1.165) is 24.2 Å². The fourth-order valence-electron chi connectivity index (χ4n) is 2.25. The van der Waals surface area contributed by atoms with Crippen molar-refractivity contribution in [3.8, 4) is 11.3 Å². The fourth-order valence-corrected chi connectivity index (χ4v) is 2.25. The molecule has 1 amide bonds. The van der Waals surface area contributed by atoms with Gasteiger partial charge in [0.05, 0.1) is 17.5 Å². The number of aryl methyl sites for hydroxylation is 1. The minimum absolute atomic E-state index is 0.118. The second kappa shape index (κ2) is 6.71. The maximum atomic E-state index is 12.3. The summed E-state index contributed by atoms with van der Waals surface area (Å²) in [6, 6.07) is 11.6. The van der Waals surface area contributed by atoms with Crippen molar-refractivity contribution in [1.82, 2.24) is 25.3 Å². The van der Waals surface area contributed by atoms with Crippen LogP contribution in [0, 0.1) is 0 Å². The summed E-state index contributed by atoms with van der Waals surface area (Å²) in [5.41, 5.74) is 2.25. The molecule has 0 unspecified atom stereocenters. The van der Waals surface area contributed by atoms with Crippen molar-refractivity contribution in [1.29, 1.82) is 0 Å². The van der Waals surface area contributed by atoms with Crippen molar-refractivity contribution in [2.24, 2.45) is 0 Å². The molecule has 3 rings (SSSR count). The number of hydrogen-bond donors (Lipinski definition) is 2. The smallest absolute Gasteiger partial charge is 0.255 e. The van der Waals surface area contributed by atoms with Crippen LogP contribution < -0.4 is 5.32 Å². The number of H-pyrrole nitrogens is 1. The largest absolute Gasteiger partial charge is 0.352 e. The van der Waals surface area contributed by atoms with E-state index in [0.29, 0.717) is 12.1 Å². The third kappa shape index (κ3) is 3.22. The summed E-state index contributed by atoms with van der Waals surface area (Å²) in [5, 5.41) is 13.9. The van der Waals surface area contributed by atoms with Crippen LogP contribution in [0.15, 0.2) is 55.0 Å². The molecule has 22 heavy (non-hydrogen) atoms. The normalized spacial score (nSPS) is 10.5. The number of aromatic nitrogens is 4. The van der Waals surface area contributed by atoms with Gasteiger partial charge in [-0.15, -0.1) is 0 Å². The quantitative estimate of drug-likeness (QED) is 0.684. The van der Waals surface area contributed by atoms with Crippen LogP contribution in [0.25, 0.3) is 11.3 Å². The van der Waals surface area contributed by atoms with Gasteiger partial charge in [-0.2, -0.15) is 10.2 Å². The van der Waals surface area contributed by atoms with E-state index in [1.807, 2.05) is 47.3 Å². The van der Waals surface area contributed by atoms with E-state index in [4.69, 9.17) is 0 Å². The van der Waals surface area contributed by atoms with Crippen LogP contribution in [-0.4, -0.2) is 32.4 Å². The molecular weight excluding hydrogens is 278 g/mol. The minimum Gasteiger partial charge on any atom is -0.352 e. The molecule has 0 bridgehead atoms. The number of hydrogen-bond acceptors (Lipinski definition) is 3. The first kappa shape index (κ1) is 14.1. The van der Waals surface area contributed by atoms with Gasteiger partial charge >= 0.3 is 0 Å². The van der Waals surface area contributed by atoms with E-state index in [9.17, 15) is 4.79 Å². The molecule has 0 atom stereocenters. The fraction of sp³-hybridized carbons (Fsp3) is 0.188. The molecule has 0 aliphatic carbocycles. The van der Waals surface area contributed by atoms with Gasteiger partial charge in [0, 0.05) is 31.0 Å². The van der Waals surface area contributed by atoms with Gasteiger partial charge in [0.1, 0.15) is 0 Å². The Hall–Kier alpha value is -2.89. The molecule has 0 saturated heterocycles.